The third kappa shape index (κ3) is 3.70. The minimum Gasteiger partial charge on any atom is -0.481 e. The van der Waals surface area contributed by atoms with Gasteiger partial charge in [0.05, 0.1) is 33.9 Å². The van der Waals surface area contributed by atoms with E-state index in [1.165, 1.54) is 19.2 Å². The van der Waals surface area contributed by atoms with E-state index in [2.05, 4.69) is 26.0 Å². The highest BCUT2D eigenvalue weighted by Crippen LogP contribution is 2.45. The molecule has 1 aliphatic rings. The molecular formula is C24H23BrFN5O3. The number of carboxylic acids is 1. The van der Waals surface area contributed by atoms with Gasteiger partial charge in [-0.3, -0.25) is 9.78 Å². The normalized spacial score (nSPS) is 20.7. The number of halogens is 2. The Morgan fingerprint density at radius 2 is 2.09 bits per heavy atom. The number of carboxylic acid groups (broad SMARTS) is 1. The van der Waals surface area contributed by atoms with Crippen LogP contribution in [0.1, 0.15) is 37.3 Å². The molecule has 1 saturated carbocycles. The zero-order chi connectivity index (χ0) is 24.0. The minimum absolute atomic E-state index is 0.0394. The number of nitrogen functional groups attached to an aromatic ring is 1. The van der Waals surface area contributed by atoms with Crippen LogP contribution in [0.5, 0.6) is 0 Å². The van der Waals surface area contributed by atoms with Crippen LogP contribution < -0.4 is 5.73 Å². The van der Waals surface area contributed by atoms with Gasteiger partial charge in [0.1, 0.15) is 11.6 Å². The summed E-state index contributed by atoms with van der Waals surface area (Å²) in [4.78, 5) is 21.3. The molecule has 8 nitrogen and oxygen atoms in total. The summed E-state index contributed by atoms with van der Waals surface area (Å²) in [5, 5.41) is 14.9. The summed E-state index contributed by atoms with van der Waals surface area (Å²) >= 11 is 3.59. The number of nitrogens with zero attached hydrogens (tertiary/aromatic N) is 4. The van der Waals surface area contributed by atoms with E-state index in [0.29, 0.717) is 52.5 Å². The molecule has 0 radical (unpaired) electrons. The Balaban J connectivity index is 1.55. The van der Waals surface area contributed by atoms with Gasteiger partial charge in [0.25, 0.3) is 0 Å². The van der Waals surface area contributed by atoms with E-state index in [1.54, 1.807) is 23.0 Å². The van der Waals surface area contributed by atoms with E-state index in [4.69, 9.17) is 15.5 Å². The molecule has 34 heavy (non-hydrogen) atoms. The lowest BCUT2D eigenvalue weighted by molar-refractivity contribution is -0.155. The predicted molar refractivity (Wildman–Crippen MR) is 129 cm³/mol. The van der Waals surface area contributed by atoms with Crippen molar-refractivity contribution in [3.63, 3.8) is 0 Å². The van der Waals surface area contributed by atoms with Gasteiger partial charge in [0, 0.05) is 35.7 Å². The van der Waals surface area contributed by atoms with Gasteiger partial charge in [-0.1, -0.05) is 0 Å². The van der Waals surface area contributed by atoms with E-state index >= 15 is 0 Å². The lowest BCUT2D eigenvalue weighted by atomic mass is 9.70. The van der Waals surface area contributed by atoms with Crippen LogP contribution >= 0.6 is 15.9 Å². The number of rotatable bonds is 5. The monoisotopic (exact) mass is 527 g/mol. The summed E-state index contributed by atoms with van der Waals surface area (Å²) in [5.41, 5.74) is 9.06. The number of hydrogen-bond donors (Lipinski definition) is 2. The number of aromatic nitrogens is 4. The standard InChI is InChI=1S/C24H23BrFN5O3/c1-34-12-24(23(32)33)6-4-13(5-7-24)20-19(25)21(27)31-22(30-20)17(11-29-31)15-8-14-9-16(26)2-3-18(14)28-10-15/h2-3,8-11,13H,4-7,12,27H2,1H3,(H,32,33). The second kappa shape index (κ2) is 8.59. The Morgan fingerprint density at radius 3 is 2.79 bits per heavy atom. The van der Waals surface area contributed by atoms with Crippen molar-refractivity contribution in [1.29, 1.82) is 0 Å². The molecule has 0 saturated heterocycles. The van der Waals surface area contributed by atoms with Gasteiger partial charge in [-0.25, -0.2) is 9.37 Å². The van der Waals surface area contributed by atoms with E-state index in [-0.39, 0.29) is 18.3 Å². The zero-order valence-corrected chi connectivity index (χ0v) is 20.0. The van der Waals surface area contributed by atoms with Crippen molar-refractivity contribution in [2.45, 2.75) is 31.6 Å². The summed E-state index contributed by atoms with van der Waals surface area (Å²) < 4.78 is 21.2. The Labute approximate surface area is 203 Å². The van der Waals surface area contributed by atoms with Crippen LogP contribution in [0.15, 0.2) is 41.1 Å². The van der Waals surface area contributed by atoms with Crippen LogP contribution in [0.2, 0.25) is 0 Å². The third-order valence-electron chi connectivity index (χ3n) is 6.81. The summed E-state index contributed by atoms with van der Waals surface area (Å²) in [5.74, 6) is -0.702. The van der Waals surface area contributed by atoms with Gasteiger partial charge in [0.15, 0.2) is 5.65 Å². The SMILES string of the molecule is COCC1(C(=O)O)CCC(c2nc3c(-c4cnc5ccc(F)cc5c4)cnn3c(N)c2Br)CC1. The number of hydrogen-bond acceptors (Lipinski definition) is 6. The van der Waals surface area contributed by atoms with Crippen molar-refractivity contribution in [2.24, 2.45) is 5.41 Å². The number of benzene rings is 1. The molecule has 0 amide bonds. The average molecular weight is 528 g/mol. The molecule has 1 aromatic carbocycles. The molecule has 1 fully saturated rings. The van der Waals surface area contributed by atoms with Crippen molar-refractivity contribution in [2.75, 3.05) is 19.5 Å². The second-order valence-electron chi connectivity index (χ2n) is 8.84. The number of nitrogens with two attached hydrogens (primary N) is 1. The number of carbonyl (C=O) groups is 1. The van der Waals surface area contributed by atoms with E-state index in [1.807, 2.05) is 6.07 Å². The highest BCUT2D eigenvalue weighted by atomic mass is 79.9. The fourth-order valence-corrected chi connectivity index (χ4v) is 5.46. The molecule has 0 unspecified atom stereocenters. The van der Waals surface area contributed by atoms with Crippen molar-refractivity contribution in [3.05, 3.63) is 52.6 Å². The molecule has 1 aliphatic carbocycles. The maximum atomic E-state index is 13.7. The molecule has 0 atom stereocenters. The Morgan fingerprint density at radius 1 is 1.32 bits per heavy atom. The smallest absolute Gasteiger partial charge is 0.311 e. The van der Waals surface area contributed by atoms with Crippen molar-refractivity contribution < 1.29 is 19.0 Å². The van der Waals surface area contributed by atoms with E-state index in [0.717, 1.165) is 16.8 Å². The van der Waals surface area contributed by atoms with Crippen LogP contribution in [-0.4, -0.2) is 44.4 Å². The molecule has 176 valence electrons. The van der Waals surface area contributed by atoms with Crippen molar-refractivity contribution in [3.8, 4) is 11.1 Å². The van der Waals surface area contributed by atoms with Crippen LogP contribution in [0.3, 0.4) is 0 Å². The van der Waals surface area contributed by atoms with Gasteiger partial charge in [-0.2, -0.15) is 9.61 Å². The molecular weight excluding hydrogens is 505 g/mol. The first-order chi connectivity index (χ1) is 16.3. The van der Waals surface area contributed by atoms with Crippen LogP contribution in [0.4, 0.5) is 10.2 Å². The number of methoxy groups -OCH3 is 1. The third-order valence-corrected chi connectivity index (χ3v) is 7.62. The predicted octanol–water partition coefficient (Wildman–Crippen LogP) is 4.80. The number of anilines is 1. The Hall–Kier alpha value is -3.11. The first-order valence-corrected chi connectivity index (χ1v) is 11.7. The van der Waals surface area contributed by atoms with Gasteiger partial charge in [-0.05, 0) is 65.9 Å². The molecule has 5 rings (SSSR count). The molecule has 0 aliphatic heterocycles. The van der Waals surface area contributed by atoms with E-state index < -0.39 is 11.4 Å². The Kier molecular flexibility index (Phi) is 5.73. The lowest BCUT2D eigenvalue weighted by Gasteiger charge is -2.36. The fourth-order valence-electron chi connectivity index (χ4n) is 4.88. The Bertz CT molecular complexity index is 1420. The summed E-state index contributed by atoms with van der Waals surface area (Å²) in [6.07, 6.45) is 5.67. The number of pyridine rings is 1. The summed E-state index contributed by atoms with van der Waals surface area (Å²) in [6.45, 7) is 0.188. The van der Waals surface area contributed by atoms with Gasteiger partial charge in [0.2, 0.25) is 0 Å². The first kappa shape index (κ1) is 22.7. The van der Waals surface area contributed by atoms with Gasteiger partial charge >= 0.3 is 5.97 Å². The average Bonchev–Trinajstić information content (AvgIpc) is 3.25. The summed E-state index contributed by atoms with van der Waals surface area (Å²) in [7, 11) is 1.53. The van der Waals surface area contributed by atoms with Crippen molar-refractivity contribution >= 4 is 44.3 Å². The fraction of sp³-hybridized carbons (Fsp3) is 0.333. The molecule has 4 aromatic rings. The maximum absolute atomic E-state index is 13.7. The highest BCUT2D eigenvalue weighted by Gasteiger charge is 2.43. The van der Waals surface area contributed by atoms with Crippen LogP contribution in [-0.2, 0) is 9.53 Å². The topological polar surface area (TPSA) is 116 Å². The number of ether oxygens (including phenoxy) is 1. The number of fused-ring (bicyclic) bond motifs is 2. The van der Waals surface area contributed by atoms with Gasteiger partial charge in [-0.15, -0.1) is 0 Å². The molecule has 3 heterocycles. The minimum atomic E-state index is -0.874. The van der Waals surface area contributed by atoms with Crippen LogP contribution in [0.25, 0.3) is 27.7 Å². The summed E-state index contributed by atoms with van der Waals surface area (Å²) in [6, 6.07) is 6.32. The molecule has 0 bridgehead atoms. The second-order valence-corrected chi connectivity index (χ2v) is 9.64. The zero-order valence-electron chi connectivity index (χ0n) is 18.5. The number of aliphatic carboxylic acids is 1. The van der Waals surface area contributed by atoms with Crippen molar-refractivity contribution in [1.82, 2.24) is 19.6 Å². The quantitative estimate of drug-likeness (QED) is 0.382. The maximum Gasteiger partial charge on any atom is 0.311 e. The molecule has 3 aromatic heterocycles. The molecule has 10 heteroatoms. The van der Waals surface area contributed by atoms with Gasteiger partial charge < -0.3 is 15.6 Å². The molecule has 0 spiro atoms. The largest absolute Gasteiger partial charge is 0.481 e. The van der Waals surface area contributed by atoms with Crippen LogP contribution in [0, 0.1) is 11.2 Å². The first-order valence-electron chi connectivity index (χ1n) is 10.9. The van der Waals surface area contributed by atoms with E-state index in [9.17, 15) is 14.3 Å². The highest BCUT2D eigenvalue weighted by molar-refractivity contribution is 9.10. The lowest BCUT2D eigenvalue weighted by Crippen LogP contribution is -2.39. The molecule has 3 N–H and O–H groups in total.